The van der Waals surface area contributed by atoms with Crippen LogP contribution in [-0.4, -0.2) is 31.1 Å². The summed E-state index contributed by atoms with van der Waals surface area (Å²) in [5, 5.41) is 3.41. The van der Waals surface area contributed by atoms with Crippen LogP contribution in [0.4, 0.5) is 0 Å². The second-order valence-electron chi connectivity index (χ2n) is 4.75. The minimum atomic E-state index is 0. The molecule has 1 aliphatic heterocycles. The highest BCUT2D eigenvalue weighted by Crippen LogP contribution is 2.27. The molecule has 0 radical (unpaired) electrons. The fourth-order valence-electron chi connectivity index (χ4n) is 2.54. The molecule has 0 aliphatic carbocycles. The molecule has 1 saturated heterocycles. The lowest BCUT2D eigenvalue weighted by molar-refractivity contribution is 0.144. The van der Waals surface area contributed by atoms with Crippen molar-refractivity contribution in [3.63, 3.8) is 0 Å². The lowest BCUT2D eigenvalue weighted by Gasteiger charge is -2.33. The number of piperazine rings is 1. The largest absolute Gasteiger partial charge is 0.464 e. The summed E-state index contributed by atoms with van der Waals surface area (Å²) in [5.74, 6) is 2.27. The molecule has 0 spiro atoms. The molecule has 19 heavy (non-hydrogen) atoms. The van der Waals surface area contributed by atoms with Crippen molar-refractivity contribution in [2.24, 2.45) is 0 Å². The van der Waals surface area contributed by atoms with Gasteiger partial charge in [-0.2, -0.15) is 0 Å². The van der Waals surface area contributed by atoms with Gasteiger partial charge in [-0.05, 0) is 18.6 Å². The van der Waals surface area contributed by atoms with E-state index in [1.165, 1.54) is 12.8 Å². The average molecular weight is 309 g/mol. The van der Waals surface area contributed by atoms with Crippen LogP contribution in [-0.2, 0) is 6.42 Å². The summed E-state index contributed by atoms with van der Waals surface area (Å²) in [6, 6.07) is 4.77. The molecule has 1 aromatic heterocycles. The van der Waals surface area contributed by atoms with Crippen molar-refractivity contribution in [3.8, 4) is 0 Å². The lowest BCUT2D eigenvalue weighted by Crippen LogP contribution is -2.45. The van der Waals surface area contributed by atoms with Crippen LogP contribution < -0.4 is 5.32 Å². The normalized spacial score (nSPS) is 17.4. The first-order chi connectivity index (χ1) is 8.35. The second-order valence-corrected chi connectivity index (χ2v) is 4.75. The SMILES string of the molecule is CCC[C@H](c1ccc(CC)o1)N1CCNCC1.Cl.Cl. The summed E-state index contributed by atoms with van der Waals surface area (Å²) in [5.41, 5.74) is 0. The average Bonchev–Trinajstić information content (AvgIpc) is 2.85. The molecule has 3 nitrogen and oxygen atoms in total. The number of halogens is 2. The Bertz CT molecular complexity index is 338. The van der Waals surface area contributed by atoms with Crippen LogP contribution in [0.1, 0.15) is 44.3 Å². The van der Waals surface area contributed by atoms with Gasteiger partial charge in [0.25, 0.3) is 0 Å². The molecule has 112 valence electrons. The van der Waals surface area contributed by atoms with Gasteiger partial charge in [0.05, 0.1) is 6.04 Å². The Morgan fingerprint density at radius 3 is 2.42 bits per heavy atom. The Balaban J connectivity index is 0.00000162. The summed E-state index contributed by atoms with van der Waals surface area (Å²) >= 11 is 0. The summed E-state index contributed by atoms with van der Waals surface area (Å²) in [6.45, 7) is 8.85. The third-order valence-electron chi connectivity index (χ3n) is 3.51. The number of rotatable bonds is 5. The van der Waals surface area contributed by atoms with Crippen LogP contribution in [0, 0.1) is 0 Å². The van der Waals surface area contributed by atoms with Crippen molar-refractivity contribution in [3.05, 3.63) is 23.7 Å². The maximum absolute atomic E-state index is 5.94. The fraction of sp³-hybridized carbons (Fsp3) is 0.714. The van der Waals surface area contributed by atoms with Gasteiger partial charge in [0.1, 0.15) is 11.5 Å². The number of nitrogens with zero attached hydrogens (tertiary/aromatic N) is 1. The Hall–Kier alpha value is -0.220. The smallest absolute Gasteiger partial charge is 0.121 e. The fourth-order valence-corrected chi connectivity index (χ4v) is 2.54. The van der Waals surface area contributed by atoms with Gasteiger partial charge in [-0.15, -0.1) is 24.8 Å². The monoisotopic (exact) mass is 308 g/mol. The van der Waals surface area contributed by atoms with Crippen molar-refractivity contribution in [1.82, 2.24) is 10.2 Å². The first-order valence-electron chi connectivity index (χ1n) is 6.88. The molecule has 2 heterocycles. The lowest BCUT2D eigenvalue weighted by atomic mass is 10.1. The second kappa shape index (κ2) is 9.65. The quantitative estimate of drug-likeness (QED) is 0.903. The summed E-state index contributed by atoms with van der Waals surface area (Å²) in [4.78, 5) is 2.55. The summed E-state index contributed by atoms with van der Waals surface area (Å²) in [6.07, 6.45) is 3.38. The molecular formula is C14H26Cl2N2O. The summed E-state index contributed by atoms with van der Waals surface area (Å²) < 4.78 is 5.94. The zero-order valence-corrected chi connectivity index (χ0v) is 13.5. The standard InChI is InChI=1S/C14H24N2O.2ClH/c1-3-5-13(16-10-8-15-9-11-16)14-7-6-12(4-2)17-14;;/h6-7,13,15H,3-5,8-11H2,1-2H3;2*1H/t13-;;/m1../s1. The van der Waals surface area contributed by atoms with E-state index in [9.17, 15) is 0 Å². The number of hydrogen-bond acceptors (Lipinski definition) is 3. The summed E-state index contributed by atoms with van der Waals surface area (Å²) in [7, 11) is 0. The maximum Gasteiger partial charge on any atom is 0.121 e. The van der Waals surface area contributed by atoms with E-state index in [0.29, 0.717) is 6.04 Å². The highest BCUT2D eigenvalue weighted by molar-refractivity contribution is 5.85. The Labute approximate surface area is 128 Å². The first kappa shape index (κ1) is 18.8. The molecule has 1 fully saturated rings. The van der Waals surface area contributed by atoms with Gasteiger partial charge in [0.2, 0.25) is 0 Å². The van der Waals surface area contributed by atoms with Crippen molar-refractivity contribution in [2.75, 3.05) is 26.2 Å². The molecule has 0 aromatic carbocycles. The molecule has 1 aromatic rings. The highest BCUT2D eigenvalue weighted by atomic mass is 35.5. The predicted molar refractivity (Wildman–Crippen MR) is 84.7 cm³/mol. The molecule has 0 amide bonds. The molecule has 0 bridgehead atoms. The van der Waals surface area contributed by atoms with Gasteiger partial charge in [-0.3, -0.25) is 4.90 Å². The molecule has 2 rings (SSSR count). The van der Waals surface area contributed by atoms with Gasteiger partial charge in [0, 0.05) is 32.6 Å². The topological polar surface area (TPSA) is 28.4 Å². The minimum Gasteiger partial charge on any atom is -0.464 e. The van der Waals surface area contributed by atoms with E-state index >= 15 is 0 Å². The van der Waals surface area contributed by atoms with Crippen LogP contribution in [0.25, 0.3) is 0 Å². The zero-order valence-electron chi connectivity index (χ0n) is 11.9. The van der Waals surface area contributed by atoms with Gasteiger partial charge >= 0.3 is 0 Å². The van der Waals surface area contributed by atoms with Crippen molar-refractivity contribution in [1.29, 1.82) is 0 Å². The van der Waals surface area contributed by atoms with Crippen LogP contribution in [0.15, 0.2) is 16.5 Å². The molecule has 1 atom stereocenters. The minimum absolute atomic E-state index is 0. The van der Waals surface area contributed by atoms with Gasteiger partial charge < -0.3 is 9.73 Å². The van der Waals surface area contributed by atoms with Crippen molar-refractivity contribution >= 4 is 24.8 Å². The van der Waals surface area contributed by atoms with Crippen molar-refractivity contribution in [2.45, 2.75) is 39.2 Å². The number of hydrogen-bond donors (Lipinski definition) is 1. The van der Waals surface area contributed by atoms with Crippen LogP contribution in [0.3, 0.4) is 0 Å². The third kappa shape index (κ3) is 4.99. The van der Waals surface area contributed by atoms with Crippen molar-refractivity contribution < 1.29 is 4.42 Å². The van der Waals surface area contributed by atoms with Gasteiger partial charge in [0.15, 0.2) is 0 Å². The van der Waals surface area contributed by atoms with E-state index < -0.39 is 0 Å². The van der Waals surface area contributed by atoms with Crippen LogP contribution >= 0.6 is 24.8 Å². The Morgan fingerprint density at radius 1 is 1.21 bits per heavy atom. The number of aryl methyl sites for hydroxylation is 1. The Kier molecular flexibility index (Phi) is 9.54. The molecule has 1 N–H and O–H groups in total. The van der Waals surface area contributed by atoms with Crippen LogP contribution in [0.2, 0.25) is 0 Å². The van der Waals surface area contributed by atoms with E-state index in [-0.39, 0.29) is 24.8 Å². The van der Waals surface area contributed by atoms with E-state index in [4.69, 9.17) is 4.42 Å². The first-order valence-corrected chi connectivity index (χ1v) is 6.88. The van der Waals surface area contributed by atoms with Gasteiger partial charge in [-0.1, -0.05) is 20.3 Å². The van der Waals surface area contributed by atoms with Gasteiger partial charge in [-0.25, -0.2) is 0 Å². The number of nitrogens with one attached hydrogen (secondary N) is 1. The number of furan rings is 1. The Morgan fingerprint density at radius 2 is 1.89 bits per heavy atom. The van der Waals surface area contributed by atoms with E-state index in [0.717, 1.165) is 44.1 Å². The van der Waals surface area contributed by atoms with E-state index in [2.05, 4.69) is 36.2 Å². The molecule has 0 saturated carbocycles. The molecule has 5 heteroatoms. The maximum atomic E-state index is 5.94. The van der Waals surface area contributed by atoms with Crippen LogP contribution in [0.5, 0.6) is 0 Å². The predicted octanol–water partition coefficient (Wildman–Crippen LogP) is 3.43. The van der Waals surface area contributed by atoms with E-state index in [1.54, 1.807) is 0 Å². The third-order valence-corrected chi connectivity index (χ3v) is 3.51. The molecular weight excluding hydrogens is 283 g/mol. The highest BCUT2D eigenvalue weighted by Gasteiger charge is 2.23. The van der Waals surface area contributed by atoms with E-state index in [1.807, 2.05) is 0 Å². The molecule has 1 aliphatic rings. The molecule has 0 unspecified atom stereocenters. The zero-order chi connectivity index (χ0) is 12.1.